The Hall–Kier alpha value is -1.36. The summed E-state index contributed by atoms with van der Waals surface area (Å²) in [6.07, 6.45) is 0. The highest BCUT2D eigenvalue weighted by Crippen LogP contribution is 2.26. The number of rotatable bonds is 2. The fraction of sp³-hybridized carbons (Fsp3) is 0.417. The molecule has 1 aromatic carbocycles. The van der Waals surface area contributed by atoms with Crippen molar-refractivity contribution in [2.45, 2.75) is 12.2 Å². The minimum atomic E-state index is -0.969. The number of carbonyl (C=O) groups is 1. The number of nitrogens with two attached hydrogens (primary N) is 1. The number of carboxylic acids is 1. The van der Waals surface area contributed by atoms with Gasteiger partial charge in [0.15, 0.2) is 0 Å². The van der Waals surface area contributed by atoms with Crippen molar-refractivity contribution >= 4 is 29.1 Å². The Balaban J connectivity index is 2.26. The lowest BCUT2D eigenvalue weighted by Crippen LogP contribution is -2.36. The highest BCUT2D eigenvalue weighted by Gasteiger charge is 2.18. The second kappa shape index (κ2) is 4.87. The quantitative estimate of drug-likeness (QED) is 0.787. The van der Waals surface area contributed by atoms with Crippen molar-refractivity contribution in [3.63, 3.8) is 0 Å². The standard InChI is InChI=1S/C12H16N2O2S/c1-8-7-14(4-5-17-8)9-2-3-11(13)10(6-9)12(15)16/h2-3,6,8H,4-5,7,13H2,1H3,(H,15,16). The van der Waals surface area contributed by atoms with E-state index in [4.69, 9.17) is 10.8 Å². The van der Waals surface area contributed by atoms with E-state index in [2.05, 4.69) is 11.8 Å². The van der Waals surface area contributed by atoms with Gasteiger partial charge in [-0.1, -0.05) is 6.92 Å². The average Bonchev–Trinajstić information content (AvgIpc) is 2.29. The molecule has 1 unspecified atom stereocenters. The predicted molar refractivity (Wildman–Crippen MR) is 71.9 cm³/mol. The monoisotopic (exact) mass is 252 g/mol. The molecule has 0 aliphatic carbocycles. The summed E-state index contributed by atoms with van der Waals surface area (Å²) in [7, 11) is 0. The first kappa shape index (κ1) is 12.1. The number of hydrogen-bond donors (Lipinski definition) is 2. The van der Waals surface area contributed by atoms with Gasteiger partial charge in [-0.15, -0.1) is 0 Å². The summed E-state index contributed by atoms with van der Waals surface area (Å²) >= 11 is 1.95. The minimum Gasteiger partial charge on any atom is -0.478 e. The van der Waals surface area contributed by atoms with Gasteiger partial charge in [0.1, 0.15) is 0 Å². The molecule has 0 aromatic heterocycles. The van der Waals surface area contributed by atoms with Crippen LogP contribution in [0.5, 0.6) is 0 Å². The first-order chi connectivity index (χ1) is 8.08. The maximum atomic E-state index is 11.0. The van der Waals surface area contributed by atoms with Gasteiger partial charge in [-0.2, -0.15) is 11.8 Å². The molecule has 4 nitrogen and oxygen atoms in total. The van der Waals surface area contributed by atoms with Crippen molar-refractivity contribution in [3.05, 3.63) is 23.8 Å². The summed E-state index contributed by atoms with van der Waals surface area (Å²) in [5, 5.41) is 9.62. The van der Waals surface area contributed by atoms with Crippen LogP contribution < -0.4 is 10.6 Å². The number of thioether (sulfide) groups is 1. The first-order valence-corrected chi connectivity index (χ1v) is 6.62. The van der Waals surface area contributed by atoms with Crippen LogP contribution in [-0.4, -0.2) is 35.2 Å². The van der Waals surface area contributed by atoms with Crippen LogP contribution in [0.2, 0.25) is 0 Å². The minimum absolute atomic E-state index is 0.188. The van der Waals surface area contributed by atoms with Crippen molar-refractivity contribution in [2.75, 3.05) is 29.5 Å². The predicted octanol–water partition coefficient (Wildman–Crippen LogP) is 1.91. The molecule has 0 spiro atoms. The second-order valence-electron chi connectivity index (χ2n) is 4.20. The lowest BCUT2D eigenvalue weighted by atomic mass is 10.1. The molecular weight excluding hydrogens is 236 g/mol. The zero-order chi connectivity index (χ0) is 12.4. The molecule has 0 bridgehead atoms. The van der Waals surface area contributed by atoms with Gasteiger partial charge in [0.05, 0.1) is 5.56 Å². The lowest BCUT2D eigenvalue weighted by molar-refractivity contribution is 0.0698. The number of carboxylic acid groups (broad SMARTS) is 1. The number of hydrogen-bond acceptors (Lipinski definition) is 4. The Bertz CT molecular complexity index is 437. The van der Waals surface area contributed by atoms with E-state index >= 15 is 0 Å². The molecule has 1 heterocycles. The van der Waals surface area contributed by atoms with Crippen LogP contribution in [0.1, 0.15) is 17.3 Å². The second-order valence-corrected chi connectivity index (χ2v) is 5.75. The fourth-order valence-electron chi connectivity index (χ4n) is 1.98. The average molecular weight is 252 g/mol. The van der Waals surface area contributed by atoms with Crippen molar-refractivity contribution in [1.29, 1.82) is 0 Å². The third kappa shape index (κ3) is 2.66. The first-order valence-electron chi connectivity index (χ1n) is 5.57. The van der Waals surface area contributed by atoms with Crippen molar-refractivity contribution in [2.24, 2.45) is 0 Å². The van der Waals surface area contributed by atoms with E-state index in [1.165, 1.54) is 0 Å². The van der Waals surface area contributed by atoms with Crippen molar-refractivity contribution in [3.8, 4) is 0 Å². The van der Waals surface area contributed by atoms with Gasteiger partial charge in [-0.25, -0.2) is 4.79 Å². The summed E-state index contributed by atoms with van der Waals surface area (Å²) in [6, 6.07) is 5.23. The maximum Gasteiger partial charge on any atom is 0.337 e. The van der Waals surface area contributed by atoms with E-state index in [1.54, 1.807) is 12.1 Å². The van der Waals surface area contributed by atoms with E-state index in [0.717, 1.165) is 24.5 Å². The van der Waals surface area contributed by atoms with Crippen molar-refractivity contribution in [1.82, 2.24) is 0 Å². The van der Waals surface area contributed by atoms with Crippen LogP contribution in [0.4, 0.5) is 11.4 Å². The molecular formula is C12H16N2O2S. The van der Waals surface area contributed by atoms with Gasteiger partial charge >= 0.3 is 5.97 Å². The molecule has 5 heteroatoms. The molecule has 2 rings (SSSR count). The largest absolute Gasteiger partial charge is 0.478 e. The number of nitrogen functional groups attached to an aromatic ring is 1. The SMILES string of the molecule is CC1CN(c2ccc(N)c(C(=O)O)c2)CCS1. The molecule has 0 saturated carbocycles. The van der Waals surface area contributed by atoms with Crippen LogP contribution in [0.3, 0.4) is 0 Å². The van der Waals surface area contributed by atoms with E-state index in [9.17, 15) is 4.79 Å². The fourth-order valence-corrected chi connectivity index (χ4v) is 2.99. The Morgan fingerprint density at radius 3 is 3.00 bits per heavy atom. The molecule has 92 valence electrons. The van der Waals surface area contributed by atoms with Gasteiger partial charge in [0.2, 0.25) is 0 Å². The molecule has 1 saturated heterocycles. The Labute approximate surface area is 105 Å². The molecule has 1 atom stereocenters. The highest BCUT2D eigenvalue weighted by atomic mass is 32.2. The van der Waals surface area contributed by atoms with Gasteiger partial charge < -0.3 is 15.7 Å². The topological polar surface area (TPSA) is 66.6 Å². The van der Waals surface area contributed by atoms with Gasteiger partial charge in [0.25, 0.3) is 0 Å². The molecule has 1 aliphatic rings. The number of aromatic carboxylic acids is 1. The zero-order valence-electron chi connectivity index (χ0n) is 9.72. The third-order valence-electron chi connectivity index (χ3n) is 2.87. The van der Waals surface area contributed by atoms with Crippen LogP contribution in [-0.2, 0) is 0 Å². The van der Waals surface area contributed by atoms with E-state index in [1.807, 2.05) is 17.8 Å². The Kier molecular flexibility index (Phi) is 3.47. The summed E-state index contributed by atoms with van der Waals surface area (Å²) in [6.45, 7) is 4.10. The molecule has 1 aliphatic heterocycles. The smallest absolute Gasteiger partial charge is 0.337 e. The van der Waals surface area contributed by atoms with Crippen molar-refractivity contribution < 1.29 is 9.90 Å². The van der Waals surface area contributed by atoms with E-state index in [-0.39, 0.29) is 5.56 Å². The van der Waals surface area contributed by atoms with Crippen LogP contribution in [0, 0.1) is 0 Å². The Morgan fingerprint density at radius 2 is 2.35 bits per heavy atom. The number of anilines is 2. The number of nitrogens with zero attached hydrogens (tertiary/aromatic N) is 1. The van der Waals surface area contributed by atoms with Gasteiger partial charge in [-0.05, 0) is 18.2 Å². The summed E-state index contributed by atoms with van der Waals surface area (Å²) < 4.78 is 0. The molecule has 3 N–H and O–H groups in total. The third-order valence-corrected chi connectivity index (χ3v) is 4.01. The summed E-state index contributed by atoms with van der Waals surface area (Å²) in [5.41, 5.74) is 7.10. The molecule has 1 aromatic rings. The molecule has 0 amide bonds. The summed E-state index contributed by atoms with van der Waals surface area (Å²) in [4.78, 5) is 13.2. The van der Waals surface area contributed by atoms with Crippen LogP contribution in [0.25, 0.3) is 0 Å². The Morgan fingerprint density at radius 1 is 1.59 bits per heavy atom. The van der Waals surface area contributed by atoms with Crippen LogP contribution >= 0.6 is 11.8 Å². The van der Waals surface area contributed by atoms with Gasteiger partial charge in [0, 0.05) is 35.5 Å². The molecule has 0 radical (unpaired) electrons. The zero-order valence-corrected chi connectivity index (χ0v) is 10.5. The normalized spacial score (nSPS) is 20.3. The number of benzene rings is 1. The lowest BCUT2D eigenvalue weighted by Gasteiger charge is -2.32. The van der Waals surface area contributed by atoms with E-state index in [0.29, 0.717) is 10.9 Å². The highest BCUT2D eigenvalue weighted by molar-refractivity contribution is 8.00. The summed E-state index contributed by atoms with van der Waals surface area (Å²) in [5.74, 6) is 0.109. The van der Waals surface area contributed by atoms with Crippen LogP contribution in [0.15, 0.2) is 18.2 Å². The maximum absolute atomic E-state index is 11.0. The van der Waals surface area contributed by atoms with Gasteiger partial charge in [-0.3, -0.25) is 0 Å². The molecule has 17 heavy (non-hydrogen) atoms. The van der Waals surface area contributed by atoms with E-state index < -0.39 is 5.97 Å². The molecule has 1 fully saturated rings.